The van der Waals surface area contributed by atoms with Crippen LogP contribution in [0.15, 0.2) is 40.4 Å². The second kappa shape index (κ2) is 6.89. The molecular formula is C16H17BrN2O2S. The topological polar surface area (TPSA) is 53.4 Å². The van der Waals surface area contributed by atoms with Crippen LogP contribution in [-0.2, 0) is 4.79 Å². The summed E-state index contributed by atoms with van der Waals surface area (Å²) in [6.45, 7) is 0.805. The predicted molar refractivity (Wildman–Crippen MR) is 90.1 cm³/mol. The zero-order valence-corrected chi connectivity index (χ0v) is 14.4. The first kappa shape index (κ1) is 15.6. The Hall–Kier alpha value is -1.24. The standard InChI is InChI=1S/C16H17BrN2O2S/c17-14-5-4-13(22-14)15(11-6-8-18-9-7-11)19-10-2-1-3-12(19)16(20)21/h4-9,12,15H,1-3,10H2,(H,20,21). The van der Waals surface area contributed by atoms with Gasteiger partial charge in [0.25, 0.3) is 0 Å². The van der Waals surface area contributed by atoms with Crippen LogP contribution in [0.3, 0.4) is 0 Å². The summed E-state index contributed by atoms with van der Waals surface area (Å²) in [6.07, 6.45) is 6.27. The third-order valence-corrected chi connectivity index (χ3v) is 5.72. The molecule has 2 aromatic heterocycles. The lowest BCUT2D eigenvalue weighted by Crippen LogP contribution is -2.46. The number of carboxylic acids is 1. The minimum atomic E-state index is -0.727. The summed E-state index contributed by atoms with van der Waals surface area (Å²) in [6, 6.07) is 7.60. The summed E-state index contributed by atoms with van der Waals surface area (Å²) in [7, 11) is 0. The third-order valence-electron chi connectivity index (χ3n) is 4.05. The van der Waals surface area contributed by atoms with E-state index < -0.39 is 12.0 Å². The number of rotatable bonds is 4. The average Bonchev–Trinajstić information content (AvgIpc) is 2.95. The molecule has 6 heteroatoms. The van der Waals surface area contributed by atoms with Crippen molar-refractivity contribution in [3.63, 3.8) is 0 Å². The molecule has 0 radical (unpaired) electrons. The summed E-state index contributed by atoms with van der Waals surface area (Å²) < 4.78 is 1.06. The first-order valence-corrected chi connectivity index (χ1v) is 8.91. The Morgan fingerprint density at radius 3 is 2.73 bits per heavy atom. The summed E-state index contributed by atoms with van der Waals surface area (Å²) >= 11 is 5.17. The van der Waals surface area contributed by atoms with E-state index in [1.165, 1.54) is 0 Å². The average molecular weight is 381 g/mol. The number of likely N-dealkylation sites (tertiary alicyclic amines) is 1. The number of nitrogens with zero attached hydrogens (tertiary/aromatic N) is 2. The highest BCUT2D eigenvalue weighted by molar-refractivity contribution is 9.11. The van der Waals surface area contributed by atoms with Gasteiger partial charge in [0, 0.05) is 17.3 Å². The van der Waals surface area contributed by atoms with Gasteiger partial charge in [0.15, 0.2) is 0 Å². The van der Waals surface area contributed by atoms with Gasteiger partial charge < -0.3 is 5.11 Å². The third kappa shape index (κ3) is 3.24. The van der Waals surface area contributed by atoms with E-state index in [9.17, 15) is 9.90 Å². The lowest BCUT2D eigenvalue weighted by Gasteiger charge is -2.39. The number of aromatic nitrogens is 1. The normalized spacial score (nSPS) is 20.7. The second-order valence-corrected chi connectivity index (χ2v) is 7.91. The molecule has 22 heavy (non-hydrogen) atoms. The van der Waals surface area contributed by atoms with E-state index in [2.05, 4.69) is 31.9 Å². The van der Waals surface area contributed by atoms with Crippen LogP contribution in [0.25, 0.3) is 0 Å². The van der Waals surface area contributed by atoms with Crippen LogP contribution >= 0.6 is 27.3 Å². The summed E-state index contributed by atoms with van der Waals surface area (Å²) in [5.74, 6) is -0.727. The van der Waals surface area contributed by atoms with Crippen molar-refractivity contribution < 1.29 is 9.90 Å². The Morgan fingerprint density at radius 2 is 2.09 bits per heavy atom. The van der Waals surface area contributed by atoms with Gasteiger partial charge in [0.05, 0.1) is 9.83 Å². The molecule has 116 valence electrons. The Kier molecular flexibility index (Phi) is 4.90. The van der Waals surface area contributed by atoms with Gasteiger partial charge in [-0.05, 0) is 65.1 Å². The van der Waals surface area contributed by atoms with Crippen LogP contribution < -0.4 is 0 Å². The van der Waals surface area contributed by atoms with Crippen LogP contribution in [0, 0.1) is 0 Å². The SMILES string of the molecule is O=C(O)C1CCCCN1C(c1ccncc1)c1ccc(Br)s1. The van der Waals surface area contributed by atoms with Crippen LogP contribution in [-0.4, -0.2) is 33.5 Å². The van der Waals surface area contributed by atoms with Crippen molar-refractivity contribution in [2.24, 2.45) is 0 Å². The Labute approximate surface area is 141 Å². The number of aliphatic carboxylic acids is 1. The number of hydrogen-bond donors (Lipinski definition) is 1. The van der Waals surface area contributed by atoms with Gasteiger partial charge in [-0.1, -0.05) is 6.42 Å². The van der Waals surface area contributed by atoms with Crippen LogP contribution in [0.2, 0.25) is 0 Å². The molecular weight excluding hydrogens is 364 g/mol. The fraction of sp³-hybridized carbons (Fsp3) is 0.375. The maximum atomic E-state index is 11.7. The van der Waals surface area contributed by atoms with Crippen molar-refractivity contribution >= 4 is 33.2 Å². The number of carbonyl (C=O) groups is 1. The number of piperidine rings is 1. The smallest absolute Gasteiger partial charge is 0.320 e. The molecule has 2 aromatic rings. The summed E-state index contributed by atoms with van der Waals surface area (Å²) in [5.41, 5.74) is 1.09. The van der Waals surface area contributed by atoms with Crippen molar-refractivity contribution in [2.75, 3.05) is 6.54 Å². The highest BCUT2D eigenvalue weighted by Crippen LogP contribution is 2.38. The molecule has 2 unspecified atom stereocenters. The van der Waals surface area contributed by atoms with Crippen LogP contribution in [0.4, 0.5) is 0 Å². The van der Waals surface area contributed by atoms with E-state index in [1.54, 1.807) is 23.7 Å². The zero-order valence-electron chi connectivity index (χ0n) is 12.0. The quantitative estimate of drug-likeness (QED) is 0.872. The number of pyridine rings is 1. The lowest BCUT2D eigenvalue weighted by molar-refractivity contribution is -0.145. The molecule has 0 spiro atoms. The molecule has 0 saturated carbocycles. The number of hydrogen-bond acceptors (Lipinski definition) is 4. The van der Waals surface area contributed by atoms with Crippen molar-refractivity contribution in [1.82, 2.24) is 9.88 Å². The van der Waals surface area contributed by atoms with Crippen molar-refractivity contribution in [3.8, 4) is 0 Å². The van der Waals surface area contributed by atoms with Gasteiger partial charge in [-0.3, -0.25) is 14.7 Å². The molecule has 1 fully saturated rings. The van der Waals surface area contributed by atoms with Gasteiger partial charge in [-0.25, -0.2) is 0 Å². The van der Waals surface area contributed by atoms with Gasteiger partial charge in [-0.15, -0.1) is 11.3 Å². The molecule has 0 aliphatic carbocycles. The molecule has 2 atom stereocenters. The van der Waals surface area contributed by atoms with Crippen molar-refractivity contribution in [3.05, 3.63) is 50.9 Å². The van der Waals surface area contributed by atoms with E-state index in [0.29, 0.717) is 6.42 Å². The molecule has 3 heterocycles. The molecule has 1 aliphatic heterocycles. The van der Waals surface area contributed by atoms with E-state index in [1.807, 2.05) is 18.2 Å². The minimum absolute atomic E-state index is 0.0271. The molecule has 0 bridgehead atoms. The highest BCUT2D eigenvalue weighted by atomic mass is 79.9. The monoisotopic (exact) mass is 380 g/mol. The summed E-state index contributed by atoms with van der Waals surface area (Å²) in [4.78, 5) is 19.0. The molecule has 4 nitrogen and oxygen atoms in total. The minimum Gasteiger partial charge on any atom is -0.480 e. The zero-order chi connectivity index (χ0) is 15.5. The number of halogens is 1. The first-order chi connectivity index (χ1) is 10.7. The molecule has 1 saturated heterocycles. The van der Waals surface area contributed by atoms with Gasteiger partial charge >= 0.3 is 5.97 Å². The maximum Gasteiger partial charge on any atom is 0.320 e. The molecule has 0 amide bonds. The lowest BCUT2D eigenvalue weighted by atomic mass is 9.96. The van der Waals surface area contributed by atoms with E-state index >= 15 is 0 Å². The largest absolute Gasteiger partial charge is 0.480 e. The van der Waals surface area contributed by atoms with Crippen LogP contribution in [0.5, 0.6) is 0 Å². The molecule has 0 aromatic carbocycles. The van der Waals surface area contributed by atoms with E-state index in [0.717, 1.165) is 33.6 Å². The summed E-state index contributed by atoms with van der Waals surface area (Å²) in [5, 5.41) is 9.60. The number of carboxylic acid groups (broad SMARTS) is 1. The molecule has 1 aliphatic rings. The first-order valence-electron chi connectivity index (χ1n) is 7.30. The Morgan fingerprint density at radius 1 is 1.32 bits per heavy atom. The number of thiophene rings is 1. The highest BCUT2D eigenvalue weighted by Gasteiger charge is 2.35. The predicted octanol–water partition coefficient (Wildman–Crippen LogP) is 3.93. The van der Waals surface area contributed by atoms with Crippen molar-refractivity contribution in [1.29, 1.82) is 0 Å². The second-order valence-electron chi connectivity index (χ2n) is 5.41. The Balaban J connectivity index is 2.02. The van der Waals surface area contributed by atoms with Crippen LogP contribution in [0.1, 0.15) is 35.7 Å². The Bertz CT molecular complexity index is 647. The van der Waals surface area contributed by atoms with E-state index in [4.69, 9.17) is 0 Å². The van der Waals surface area contributed by atoms with Gasteiger partial charge in [0.2, 0.25) is 0 Å². The van der Waals surface area contributed by atoms with Gasteiger partial charge in [-0.2, -0.15) is 0 Å². The fourth-order valence-electron chi connectivity index (χ4n) is 3.07. The van der Waals surface area contributed by atoms with Crippen molar-refractivity contribution in [2.45, 2.75) is 31.3 Å². The maximum absolute atomic E-state index is 11.7. The fourth-order valence-corrected chi connectivity index (χ4v) is 4.64. The molecule has 3 rings (SSSR count). The van der Waals surface area contributed by atoms with Gasteiger partial charge in [0.1, 0.15) is 6.04 Å². The van der Waals surface area contributed by atoms with E-state index in [-0.39, 0.29) is 6.04 Å². The molecule has 1 N–H and O–H groups in total.